The molecule has 1 N–H and O–H groups in total. The van der Waals surface area contributed by atoms with Crippen LogP contribution in [0, 0.1) is 23.4 Å². The molecule has 20 heavy (non-hydrogen) atoms. The van der Waals surface area contributed by atoms with Crippen molar-refractivity contribution in [3.63, 3.8) is 0 Å². The fourth-order valence-electron chi connectivity index (χ4n) is 2.54. The largest absolute Gasteiger partial charge is 0.481 e. The predicted octanol–water partition coefficient (Wildman–Crippen LogP) is 2.10. The molecule has 0 spiro atoms. The first-order chi connectivity index (χ1) is 9.36. The van der Waals surface area contributed by atoms with Gasteiger partial charge in [-0.05, 0) is 24.6 Å². The van der Waals surface area contributed by atoms with Crippen molar-refractivity contribution in [1.82, 2.24) is 4.90 Å². The number of carboxylic acids is 1. The summed E-state index contributed by atoms with van der Waals surface area (Å²) in [7, 11) is 0. The summed E-state index contributed by atoms with van der Waals surface area (Å²) in [5.74, 6) is -7.17. The van der Waals surface area contributed by atoms with Gasteiger partial charge in [-0.25, -0.2) is 13.2 Å². The number of rotatable bonds is 3. The van der Waals surface area contributed by atoms with Crippen molar-refractivity contribution in [2.24, 2.45) is 5.92 Å². The van der Waals surface area contributed by atoms with Crippen LogP contribution in [0.2, 0.25) is 0 Å². The standard InChI is InChI=1S/C13H12F3NO3/c1-2-17-10(18)5-7(13(19)20)12(17)6-3-8(14)11(16)9(15)4-6/h3-4,7,12H,2,5H2,1H3,(H,19,20). The second-order valence-corrected chi connectivity index (χ2v) is 4.57. The average Bonchev–Trinajstić information content (AvgIpc) is 2.72. The van der Waals surface area contributed by atoms with Gasteiger partial charge in [0.05, 0.1) is 12.0 Å². The molecule has 1 aliphatic rings. The molecule has 0 bridgehead atoms. The van der Waals surface area contributed by atoms with Gasteiger partial charge in [-0.2, -0.15) is 0 Å². The normalized spacial score (nSPS) is 22.4. The number of aliphatic carboxylic acids is 1. The van der Waals surface area contributed by atoms with Crippen LogP contribution in [0.3, 0.4) is 0 Å². The summed E-state index contributed by atoms with van der Waals surface area (Å²) < 4.78 is 39.5. The summed E-state index contributed by atoms with van der Waals surface area (Å²) in [6, 6.07) is 0.482. The lowest BCUT2D eigenvalue weighted by Gasteiger charge is -2.26. The number of hydrogen-bond acceptors (Lipinski definition) is 2. The molecular weight excluding hydrogens is 275 g/mol. The number of carbonyl (C=O) groups excluding carboxylic acids is 1. The smallest absolute Gasteiger partial charge is 0.309 e. The minimum absolute atomic E-state index is 0.0542. The molecule has 1 saturated heterocycles. The molecule has 0 radical (unpaired) electrons. The SMILES string of the molecule is CCN1C(=O)CC(C(=O)O)C1c1cc(F)c(F)c(F)c1. The van der Waals surface area contributed by atoms with E-state index in [1.165, 1.54) is 4.90 Å². The van der Waals surface area contributed by atoms with Gasteiger partial charge in [0.1, 0.15) is 0 Å². The van der Waals surface area contributed by atoms with Gasteiger partial charge in [-0.3, -0.25) is 9.59 Å². The molecule has 1 fully saturated rings. The number of nitrogens with zero attached hydrogens (tertiary/aromatic N) is 1. The Labute approximate surface area is 112 Å². The maximum absolute atomic E-state index is 13.3. The first kappa shape index (κ1) is 14.4. The van der Waals surface area contributed by atoms with Crippen LogP contribution in [0.1, 0.15) is 24.9 Å². The molecule has 1 aliphatic heterocycles. The van der Waals surface area contributed by atoms with Gasteiger partial charge in [-0.15, -0.1) is 0 Å². The molecule has 0 aliphatic carbocycles. The van der Waals surface area contributed by atoms with E-state index < -0.39 is 41.3 Å². The molecule has 1 heterocycles. The van der Waals surface area contributed by atoms with Crippen molar-refractivity contribution in [2.75, 3.05) is 6.54 Å². The molecule has 2 rings (SSSR count). The second kappa shape index (κ2) is 5.15. The van der Waals surface area contributed by atoms with Gasteiger partial charge in [0.15, 0.2) is 17.5 Å². The zero-order valence-electron chi connectivity index (χ0n) is 10.6. The van der Waals surface area contributed by atoms with E-state index in [4.69, 9.17) is 5.11 Å². The lowest BCUT2D eigenvalue weighted by Crippen LogP contribution is -2.30. The van der Waals surface area contributed by atoms with Gasteiger partial charge in [-0.1, -0.05) is 0 Å². The zero-order valence-corrected chi connectivity index (χ0v) is 10.6. The van der Waals surface area contributed by atoms with Crippen molar-refractivity contribution in [1.29, 1.82) is 0 Å². The number of amides is 1. The Hall–Kier alpha value is -2.05. The topological polar surface area (TPSA) is 57.6 Å². The van der Waals surface area contributed by atoms with E-state index in [0.29, 0.717) is 0 Å². The third kappa shape index (κ3) is 2.23. The lowest BCUT2D eigenvalue weighted by molar-refractivity contribution is -0.142. The Morgan fingerprint density at radius 2 is 1.90 bits per heavy atom. The highest BCUT2D eigenvalue weighted by Gasteiger charge is 2.44. The number of halogens is 3. The van der Waals surface area contributed by atoms with Gasteiger partial charge < -0.3 is 10.0 Å². The molecule has 0 aromatic heterocycles. The molecule has 2 unspecified atom stereocenters. The number of carbonyl (C=O) groups is 2. The van der Waals surface area contributed by atoms with Crippen LogP contribution in [0.15, 0.2) is 12.1 Å². The van der Waals surface area contributed by atoms with Gasteiger partial charge in [0, 0.05) is 13.0 Å². The fraction of sp³-hybridized carbons (Fsp3) is 0.385. The summed E-state index contributed by atoms with van der Waals surface area (Å²) in [6.45, 7) is 1.83. The van der Waals surface area contributed by atoms with E-state index in [1.54, 1.807) is 6.92 Å². The van der Waals surface area contributed by atoms with Gasteiger partial charge in [0.25, 0.3) is 0 Å². The van der Waals surface area contributed by atoms with Crippen molar-refractivity contribution in [3.05, 3.63) is 35.1 Å². The summed E-state index contributed by atoms with van der Waals surface area (Å²) in [6.07, 6.45) is -0.242. The molecule has 1 aromatic rings. The Kier molecular flexibility index (Phi) is 3.69. The van der Waals surface area contributed by atoms with Crippen molar-refractivity contribution >= 4 is 11.9 Å². The third-order valence-corrected chi connectivity index (χ3v) is 3.44. The molecule has 7 heteroatoms. The third-order valence-electron chi connectivity index (χ3n) is 3.44. The summed E-state index contributed by atoms with van der Waals surface area (Å²) >= 11 is 0. The van der Waals surface area contributed by atoms with E-state index >= 15 is 0 Å². The molecule has 2 atom stereocenters. The first-order valence-electron chi connectivity index (χ1n) is 6.03. The van der Waals surface area contributed by atoms with Gasteiger partial charge >= 0.3 is 5.97 Å². The van der Waals surface area contributed by atoms with Crippen LogP contribution in [0.5, 0.6) is 0 Å². The zero-order chi connectivity index (χ0) is 15.0. The first-order valence-corrected chi connectivity index (χ1v) is 6.03. The monoisotopic (exact) mass is 287 g/mol. The highest BCUT2D eigenvalue weighted by molar-refractivity contribution is 5.87. The summed E-state index contributed by atoms with van der Waals surface area (Å²) in [5, 5.41) is 9.13. The number of carboxylic acid groups (broad SMARTS) is 1. The average molecular weight is 287 g/mol. The van der Waals surface area contributed by atoms with Crippen LogP contribution in [-0.4, -0.2) is 28.4 Å². The number of hydrogen-bond donors (Lipinski definition) is 1. The summed E-state index contributed by atoms with van der Waals surface area (Å²) in [5.41, 5.74) is -0.0542. The van der Waals surface area contributed by atoms with Gasteiger partial charge in [0.2, 0.25) is 5.91 Å². The molecule has 1 aromatic carbocycles. The van der Waals surface area contributed by atoms with Crippen LogP contribution in [0.25, 0.3) is 0 Å². The Balaban J connectivity index is 2.51. The van der Waals surface area contributed by atoms with E-state index in [9.17, 15) is 22.8 Å². The fourth-order valence-corrected chi connectivity index (χ4v) is 2.54. The quantitative estimate of drug-likeness (QED) is 0.866. The second-order valence-electron chi connectivity index (χ2n) is 4.57. The minimum Gasteiger partial charge on any atom is -0.481 e. The minimum atomic E-state index is -1.62. The number of benzene rings is 1. The van der Waals surface area contributed by atoms with E-state index in [1.807, 2.05) is 0 Å². The van der Waals surface area contributed by atoms with Crippen molar-refractivity contribution in [3.8, 4) is 0 Å². The highest BCUT2D eigenvalue weighted by atomic mass is 19.2. The van der Waals surface area contributed by atoms with Crippen molar-refractivity contribution in [2.45, 2.75) is 19.4 Å². The predicted molar refractivity (Wildman–Crippen MR) is 62.2 cm³/mol. The van der Waals surface area contributed by atoms with E-state index in [2.05, 4.69) is 0 Å². The molecule has 0 saturated carbocycles. The maximum Gasteiger partial charge on any atom is 0.309 e. The molecule has 108 valence electrons. The lowest BCUT2D eigenvalue weighted by atomic mass is 9.93. The summed E-state index contributed by atoms with van der Waals surface area (Å²) in [4.78, 5) is 24.2. The van der Waals surface area contributed by atoms with E-state index in [0.717, 1.165) is 12.1 Å². The molecule has 1 amide bonds. The van der Waals surface area contributed by atoms with Crippen LogP contribution in [-0.2, 0) is 9.59 Å². The van der Waals surface area contributed by atoms with Crippen LogP contribution >= 0.6 is 0 Å². The van der Waals surface area contributed by atoms with Crippen LogP contribution in [0.4, 0.5) is 13.2 Å². The molecular formula is C13H12F3NO3. The Morgan fingerprint density at radius 1 is 1.35 bits per heavy atom. The Morgan fingerprint density at radius 3 is 2.35 bits per heavy atom. The highest BCUT2D eigenvalue weighted by Crippen LogP contribution is 2.38. The van der Waals surface area contributed by atoms with Crippen LogP contribution < -0.4 is 0 Å². The maximum atomic E-state index is 13.3. The Bertz CT molecular complexity index is 553. The van der Waals surface area contributed by atoms with Crippen molar-refractivity contribution < 1.29 is 27.9 Å². The van der Waals surface area contributed by atoms with E-state index in [-0.39, 0.29) is 18.5 Å². The molecule has 4 nitrogen and oxygen atoms in total. The number of likely N-dealkylation sites (tertiary alicyclic amines) is 1.